The highest BCUT2D eigenvalue weighted by Gasteiger charge is 2.27. The molecule has 2 rings (SSSR count). The number of aryl methyl sites for hydroxylation is 2. The van der Waals surface area contributed by atoms with Crippen LogP contribution in [0.15, 0.2) is 0 Å². The zero-order valence-electron chi connectivity index (χ0n) is 11.1. The van der Waals surface area contributed by atoms with Crippen molar-refractivity contribution in [1.82, 2.24) is 9.78 Å². The zero-order valence-corrected chi connectivity index (χ0v) is 11.1. The molecule has 2 heterocycles. The Kier molecular flexibility index (Phi) is 3.22. The van der Waals surface area contributed by atoms with Gasteiger partial charge in [-0.15, -0.1) is 0 Å². The quantitative estimate of drug-likeness (QED) is 0.736. The lowest BCUT2D eigenvalue weighted by molar-refractivity contribution is 0.112. The molecule has 1 saturated heterocycles. The van der Waals surface area contributed by atoms with Gasteiger partial charge in [-0.3, -0.25) is 9.48 Å². The summed E-state index contributed by atoms with van der Waals surface area (Å²) in [5, 5.41) is 4.34. The summed E-state index contributed by atoms with van der Waals surface area (Å²) in [5.41, 5.74) is 1.57. The van der Waals surface area contributed by atoms with Crippen molar-refractivity contribution in [3.63, 3.8) is 0 Å². The van der Waals surface area contributed by atoms with Crippen molar-refractivity contribution in [2.45, 2.75) is 27.2 Å². The molecule has 1 aliphatic rings. The van der Waals surface area contributed by atoms with Crippen LogP contribution in [-0.4, -0.2) is 29.2 Å². The number of hydrogen-bond acceptors (Lipinski definition) is 3. The summed E-state index contributed by atoms with van der Waals surface area (Å²) in [6.45, 7) is 8.51. The van der Waals surface area contributed by atoms with Gasteiger partial charge in [-0.1, -0.05) is 13.8 Å². The average molecular weight is 235 g/mol. The van der Waals surface area contributed by atoms with E-state index in [0.29, 0.717) is 5.92 Å². The molecule has 0 spiro atoms. The van der Waals surface area contributed by atoms with Crippen LogP contribution < -0.4 is 4.90 Å². The van der Waals surface area contributed by atoms with Crippen molar-refractivity contribution in [3.8, 4) is 0 Å². The minimum absolute atomic E-state index is 0.665. The molecule has 0 aliphatic carbocycles. The summed E-state index contributed by atoms with van der Waals surface area (Å²) in [7, 11) is 1.91. The normalized spacial score (nSPS) is 25.1. The summed E-state index contributed by atoms with van der Waals surface area (Å²) in [6, 6.07) is 0. The fraction of sp³-hybridized carbons (Fsp3) is 0.692. The summed E-state index contributed by atoms with van der Waals surface area (Å²) in [5.74, 6) is 2.41. The van der Waals surface area contributed by atoms with E-state index in [1.54, 1.807) is 0 Å². The van der Waals surface area contributed by atoms with E-state index in [9.17, 15) is 4.79 Å². The molecule has 4 nitrogen and oxygen atoms in total. The topological polar surface area (TPSA) is 38.1 Å². The Balaban J connectivity index is 2.31. The molecule has 17 heavy (non-hydrogen) atoms. The summed E-state index contributed by atoms with van der Waals surface area (Å²) >= 11 is 0. The van der Waals surface area contributed by atoms with Crippen LogP contribution in [0.25, 0.3) is 0 Å². The third kappa shape index (κ3) is 2.08. The van der Waals surface area contributed by atoms with Gasteiger partial charge < -0.3 is 4.90 Å². The van der Waals surface area contributed by atoms with Gasteiger partial charge in [0, 0.05) is 20.1 Å². The first-order chi connectivity index (χ1) is 8.04. The summed E-state index contributed by atoms with van der Waals surface area (Å²) < 4.78 is 1.84. The lowest BCUT2D eigenvalue weighted by Gasteiger charge is -2.36. The van der Waals surface area contributed by atoms with E-state index in [-0.39, 0.29) is 0 Å². The van der Waals surface area contributed by atoms with Crippen LogP contribution in [0.3, 0.4) is 0 Å². The molecule has 1 fully saturated rings. The molecule has 0 N–H and O–H groups in total. The molecular formula is C13H21N3O. The number of carbonyl (C=O) groups excluding carboxylic acids is 1. The Hall–Kier alpha value is -1.32. The number of rotatable bonds is 2. The Morgan fingerprint density at radius 2 is 2.06 bits per heavy atom. The molecule has 0 amide bonds. The van der Waals surface area contributed by atoms with Crippen LogP contribution in [0.2, 0.25) is 0 Å². The maximum Gasteiger partial charge on any atom is 0.155 e. The van der Waals surface area contributed by atoms with Gasteiger partial charge in [-0.2, -0.15) is 5.10 Å². The Bertz CT molecular complexity index is 425. The molecule has 0 bridgehead atoms. The lowest BCUT2D eigenvalue weighted by Crippen LogP contribution is -2.39. The predicted octanol–water partition coefficient (Wildman–Crippen LogP) is 2.02. The maximum atomic E-state index is 11.2. The molecule has 4 heteroatoms. The molecule has 2 atom stereocenters. The number of nitrogens with zero attached hydrogens (tertiary/aromatic N) is 3. The van der Waals surface area contributed by atoms with Gasteiger partial charge in [0.15, 0.2) is 6.29 Å². The highest BCUT2D eigenvalue weighted by Crippen LogP contribution is 2.29. The third-order valence-corrected chi connectivity index (χ3v) is 3.99. The van der Waals surface area contributed by atoms with E-state index in [1.807, 2.05) is 18.7 Å². The fourth-order valence-corrected chi connectivity index (χ4v) is 2.63. The number of hydrogen-bond donors (Lipinski definition) is 0. The first kappa shape index (κ1) is 12.1. The van der Waals surface area contributed by atoms with Crippen LogP contribution >= 0.6 is 0 Å². The van der Waals surface area contributed by atoms with Crippen molar-refractivity contribution >= 4 is 12.1 Å². The molecule has 94 valence electrons. The van der Waals surface area contributed by atoms with E-state index in [1.165, 1.54) is 6.42 Å². The van der Waals surface area contributed by atoms with Crippen molar-refractivity contribution in [2.75, 3.05) is 18.0 Å². The van der Waals surface area contributed by atoms with Gasteiger partial charge in [0.05, 0.1) is 11.3 Å². The van der Waals surface area contributed by atoms with Crippen LogP contribution in [0.5, 0.6) is 0 Å². The van der Waals surface area contributed by atoms with E-state index >= 15 is 0 Å². The van der Waals surface area contributed by atoms with Crippen molar-refractivity contribution in [3.05, 3.63) is 11.3 Å². The SMILES string of the molecule is Cc1nn(C)c(N2CCC(C)C(C)C2)c1C=O. The van der Waals surface area contributed by atoms with E-state index in [2.05, 4.69) is 23.8 Å². The molecular weight excluding hydrogens is 214 g/mol. The fourth-order valence-electron chi connectivity index (χ4n) is 2.63. The zero-order chi connectivity index (χ0) is 12.6. The predicted molar refractivity (Wildman–Crippen MR) is 68.5 cm³/mol. The van der Waals surface area contributed by atoms with E-state index in [4.69, 9.17) is 0 Å². The van der Waals surface area contributed by atoms with Gasteiger partial charge in [0.2, 0.25) is 0 Å². The summed E-state index contributed by atoms with van der Waals surface area (Å²) in [6.07, 6.45) is 2.12. The molecule has 1 aromatic rings. The first-order valence-corrected chi connectivity index (χ1v) is 6.28. The van der Waals surface area contributed by atoms with Crippen LogP contribution in [0.1, 0.15) is 36.3 Å². The maximum absolute atomic E-state index is 11.2. The minimum atomic E-state index is 0.665. The standard InChI is InChI=1S/C13H21N3O/c1-9-5-6-16(7-10(9)2)13-12(8-17)11(3)14-15(13)4/h8-10H,5-7H2,1-4H3. The number of aromatic nitrogens is 2. The molecule has 0 saturated carbocycles. The molecule has 0 aromatic carbocycles. The van der Waals surface area contributed by atoms with Crippen molar-refractivity contribution in [1.29, 1.82) is 0 Å². The number of anilines is 1. The average Bonchev–Trinajstić information content (AvgIpc) is 2.57. The van der Waals surface area contributed by atoms with Crippen LogP contribution in [0, 0.1) is 18.8 Å². The largest absolute Gasteiger partial charge is 0.356 e. The number of piperidine rings is 1. The lowest BCUT2D eigenvalue weighted by atomic mass is 9.88. The highest BCUT2D eigenvalue weighted by atomic mass is 16.1. The van der Waals surface area contributed by atoms with Gasteiger partial charge in [0.25, 0.3) is 0 Å². The second-order valence-electron chi connectivity index (χ2n) is 5.25. The van der Waals surface area contributed by atoms with E-state index in [0.717, 1.165) is 42.4 Å². The van der Waals surface area contributed by atoms with Gasteiger partial charge >= 0.3 is 0 Å². The Labute approximate surface area is 103 Å². The first-order valence-electron chi connectivity index (χ1n) is 6.28. The Morgan fingerprint density at radius 1 is 1.35 bits per heavy atom. The minimum Gasteiger partial charge on any atom is -0.356 e. The monoisotopic (exact) mass is 235 g/mol. The third-order valence-electron chi connectivity index (χ3n) is 3.99. The van der Waals surface area contributed by atoms with Crippen LogP contribution in [0.4, 0.5) is 5.82 Å². The van der Waals surface area contributed by atoms with Crippen molar-refractivity contribution < 1.29 is 4.79 Å². The Morgan fingerprint density at radius 3 is 2.65 bits per heavy atom. The molecule has 1 aromatic heterocycles. The van der Waals surface area contributed by atoms with Gasteiger partial charge in [0.1, 0.15) is 5.82 Å². The molecule has 0 radical (unpaired) electrons. The number of aldehydes is 1. The second-order valence-corrected chi connectivity index (χ2v) is 5.25. The van der Waals surface area contributed by atoms with Gasteiger partial charge in [-0.05, 0) is 25.2 Å². The number of carbonyl (C=O) groups is 1. The smallest absolute Gasteiger partial charge is 0.155 e. The van der Waals surface area contributed by atoms with Crippen LogP contribution in [-0.2, 0) is 7.05 Å². The van der Waals surface area contributed by atoms with Gasteiger partial charge in [-0.25, -0.2) is 0 Å². The second kappa shape index (κ2) is 4.51. The molecule has 2 unspecified atom stereocenters. The molecule has 1 aliphatic heterocycles. The van der Waals surface area contributed by atoms with E-state index < -0.39 is 0 Å². The van der Waals surface area contributed by atoms with Crippen molar-refractivity contribution in [2.24, 2.45) is 18.9 Å². The highest BCUT2D eigenvalue weighted by molar-refractivity contribution is 5.84. The summed E-state index contributed by atoms with van der Waals surface area (Å²) in [4.78, 5) is 13.5.